The van der Waals surface area contributed by atoms with E-state index in [1.54, 1.807) is 22.8 Å². The van der Waals surface area contributed by atoms with Crippen molar-refractivity contribution in [3.8, 4) is 12.3 Å². The van der Waals surface area contributed by atoms with Crippen molar-refractivity contribution in [1.82, 2.24) is 4.57 Å². The highest BCUT2D eigenvalue weighted by molar-refractivity contribution is 7.18. The molecule has 0 saturated carbocycles. The summed E-state index contributed by atoms with van der Waals surface area (Å²) in [4.78, 5) is 27.6. The Balaban J connectivity index is 2.17. The zero-order chi connectivity index (χ0) is 17.3. The van der Waals surface area contributed by atoms with Gasteiger partial charge in [-0.2, -0.15) is 4.99 Å². The standard InChI is InChI=1S/C15H8ClN3O3S2/c1-2-7-18-10-4-3-9(19(21)22)8-12(10)24-15(18)17-14(20)11-5-6-13(16)23-11/h1,3-6,8H,7H2. The molecule has 6 nitrogen and oxygen atoms in total. The Morgan fingerprint density at radius 2 is 2.17 bits per heavy atom. The van der Waals surface area contributed by atoms with Crippen LogP contribution in [0.1, 0.15) is 9.67 Å². The van der Waals surface area contributed by atoms with E-state index in [4.69, 9.17) is 18.0 Å². The number of benzene rings is 1. The lowest BCUT2D eigenvalue weighted by atomic mass is 10.3. The maximum atomic E-state index is 12.3. The number of thiazole rings is 1. The summed E-state index contributed by atoms with van der Waals surface area (Å²) in [5.41, 5.74) is 0.666. The molecule has 24 heavy (non-hydrogen) atoms. The number of rotatable bonds is 3. The number of thiophene rings is 1. The minimum absolute atomic E-state index is 0.0282. The molecule has 120 valence electrons. The Morgan fingerprint density at radius 3 is 2.79 bits per heavy atom. The molecule has 0 unspecified atom stereocenters. The van der Waals surface area contributed by atoms with Crippen molar-refractivity contribution in [3.63, 3.8) is 0 Å². The number of hydrogen-bond donors (Lipinski definition) is 0. The fourth-order valence-electron chi connectivity index (χ4n) is 2.08. The van der Waals surface area contributed by atoms with Gasteiger partial charge < -0.3 is 4.57 Å². The molecule has 0 radical (unpaired) electrons. The van der Waals surface area contributed by atoms with E-state index in [0.29, 0.717) is 24.2 Å². The highest BCUT2D eigenvalue weighted by atomic mass is 35.5. The van der Waals surface area contributed by atoms with Gasteiger partial charge in [0.1, 0.15) is 0 Å². The average molecular weight is 378 g/mol. The van der Waals surface area contributed by atoms with E-state index in [9.17, 15) is 14.9 Å². The molecule has 0 atom stereocenters. The molecule has 0 fully saturated rings. The summed E-state index contributed by atoms with van der Waals surface area (Å²) in [6.07, 6.45) is 5.39. The molecule has 0 spiro atoms. The second-order valence-electron chi connectivity index (χ2n) is 4.60. The lowest BCUT2D eigenvalue weighted by Gasteiger charge is -1.99. The maximum Gasteiger partial charge on any atom is 0.289 e. The fourth-order valence-corrected chi connectivity index (χ4v) is 4.06. The van der Waals surface area contributed by atoms with Crippen molar-refractivity contribution in [2.45, 2.75) is 6.54 Å². The summed E-state index contributed by atoms with van der Waals surface area (Å²) >= 11 is 8.14. The number of non-ortho nitro benzene ring substituents is 1. The second kappa shape index (κ2) is 6.57. The Labute approximate surface area is 148 Å². The number of nitro groups is 1. The number of aromatic nitrogens is 1. The molecule has 0 aliphatic heterocycles. The van der Waals surface area contributed by atoms with E-state index in [0.717, 1.165) is 11.3 Å². The van der Waals surface area contributed by atoms with Crippen LogP contribution in [0.25, 0.3) is 10.2 Å². The predicted octanol–water partition coefficient (Wildman–Crippen LogP) is 3.70. The first-order valence-corrected chi connectivity index (χ1v) is 8.56. The summed E-state index contributed by atoms with van der Waals surface area (Å²) in [6, 6.07) is 7.67. The number of amides is 1. The first-order valence-electron chi connectivity index (χ1n) is 6.55. The molecule has 2 heterocycles. The maximum absolute atomic E-state index is 12.3. The van der Waals surface area contributed by atoms with Crippen LogP contribution in [0.5, 0.6) is 0 Å². The molecule has 3 aromatic rings. The van der Waals surface area contributed by atoms with Crippen molar-refractivity contribution >= 4 is 56.1 Å². The third kappa shape index (κ3) is 3.10. The second-order valence-corrected chi connectivity index (χ2v) is 7.33. The van der Waals surface area contributed by atoms with Crippen molar-refractivity contribution in [2.24, 2.45) is 4.99 Å². The lowest BCUT2D eigenvalue weighted by Crippen LogP contribution is -2.16. The van der Waals surface area contributed by atoms with Crippen LogP contribution in [0.2, 0.25) is 4.34 Å². The number of halogens is 1. The number of nitro benzene ring substituents is 1. The largest absolute Gasteiger partial charge is 0.305 e. The third-order valence-electron chi connectivity index (χ3n) is 3.11. The van der Waals surface area contributed by atoms with Gasteiger partial charge in [0.05, 0.1) is 30.9 Å². The average Bonchev–Trinajstić information content (AvgIpc) is 3.11. The molecule has 3 rings (SSSR count). The molecule has 0 aliphatic rings. The van der Waals surface area contributed by atoms with Crippen molar-refractivity contribution in [3.05, 3.63) is 54.5 Å². The number of fused-ring (bicyclic) bond motifs is 1. The van der Waals surface area contributed by atoms with Crippen LogP contribution >= 0.6 is 34.3 Å². The van der Waals surface area contributed by atoms with E-state index in [2.05, 4.69) is 10.9 Å². The normalized spacial score (nSPS) is 11.6. The molecule has 0 saturated heterocycles. The quantitative estimate of drug-likeness (QED) is 0.396. The Bertz CT molecular complexity index is 1070. The summed E-state index contributed by atoms with van der Waals surface area (Å²) in [6.45, 7) is 0.203. The first-order chi connectivity index (χ1) is 11.5. The van der Waals surface area contributed by atoms with E-state index < -0.39 is 10.8 Å². The van der Waals surface area contributed by atoms with Crippen LogP contribution in [0, 0.1) is 22.5 Å². The Morgan fingerprint density at radius 1 is 1.38 bits per heavy atom. The summed E-state index contributed by atoms with van der Waals surface area (Å²) < 4.78 is 2.81. The van der Waals surface area contributed by atoms with Crippen LogP contribution in [0.15, 0.2) is 35.3 Å². The van der Waals surface area contributed by atoms with Crippen LogP contribution in [0.3, 0.4) is 0 Å². The zero-order valence-corrected chi connectivity index (χ0v) is 14.3. The van der Waals surface area contributed by atoms with Gasteiger partial charge in [-0.15, -0.1) is 17.8 Å². The van der Waals surface area contributed by atoms with Gasteiger partial charge in [0, 0.05) is 12.1 Å². The zero-order valence-electron chi connectivity index (χ0n) is 11.9. The molecule has 2 aromatic heterocycles. The summed E-state index contributed by atoms with van der Waals surface area (Å²) in [7, 11) is 0. The summed E-state index contributed by atoms with van der Waals surface area (Å²) in [5, 5.41) is 10.9. The topological polar surface area (TPSA) is 77.5 Å². The molecular formula is C15H8ClN3O3S2. The van der Waals surface area contributed by atoms with Crippen LogP contribution in [-0.4, -0.2) is 15.4 Å². The van der Waals surface area contributed by atoms with Gasteiger partial charge in [0.25, 0.3) is 11.6 Å². The van der Waals surface area contributed by atoms with Crippen molar-refractivity contribution in [2.75, 3.05) is 0 Å². The highest BCUT2D eigenvalue weighted by Crippen LogP contribution is 2.24. The first kappa shape index (κ1) is 16.4. The van der Waals surface area contributed by atoms with Crippen LogP contribution in [0.4, 0.5) is 5.69 Å². The minimum Gasteiger partial charge on any atom is -0.305 e. The number of nitrogens with zero attached hydrogens (tertiary/aromatic N) is 3. The Hall–Kier alpha value is -2.47. The van der Waals surface area contributed by atoms with E-state index in [-0.39, 0.29) is 12.2 Å². The number of hydrogen-bond acceptors (Lipinski definition) is 5. The van der Waals surface area contributed by atoms with Gasteiger partial charge in [0.15, 0.2) is 4.80 Å². The van der Waals surface area contributed by atoms with Gasteiger partial charge in [-0.3, -0.25) is 14.9 Å². The SMILES string of the molecule is C#CCn1c(=NC(=O)c2ccc(Cl)s2)sc2cc([N+](=O)[O-])ccc21. The molecule has 9 heteroatoms. The van der Waals surface area contributed by atoms with Gasteiger partial charge in [-0.1, -0.05) is 28.9 Å². The number of carbonyl (C=O) groups is 1. The van der Waals surface area contributed by atoms with Gasteiger partial charge >= 0.3 is 0 Å². The van der Waals surface area contributed by atoms with Gasteiger partial charge in [-0.05, 0) is 18.2 Å². The minimum atomic E-state index is -0.472. The number of carbonyl (C=O) groups excluding carboxylic acids is 1. The van der Waals surface area contributed by atoms with Crippen LogP contribution in [-0.2, 0) is 6.54 Å². The fraction of sp³-hybridized carbons (Fsp3) is 0.0667. The highest BCUT2D eigenvalue weighted by Gasteiger charge is 2.13. The van der Waals surface area contributed by atoms with E-state index >= 15 is 0 Å². The number of terminal acetylenes is 1. The van der Waals surface area contributed by atoms with Crippen LogP contribution < -0.4 is 4.80 Å². The molecule has 0 aliphatic carbocycles. The molecule has 0 bridgehead atoms. The molecule has 1 aromatic carbocycles. The van der Waals surface area contributed by atoms with Gasteiger partial charge in [0.2, 0.25) is 0 Å². The van der Waals surface area contributed by atoms with Gasteiger partial charge in [-0.25, -0.2) is 0 Å². The van der Waals surface area contributed by atoms with E-state index in [1.165, 1.54) is 23.5 Å². The van der Waals surface area contributed by atoms with Crippen molar-refractivity contribution < 1.29 is 9.72 Å². The molecule has 1 amide bonds. The molecular weight excluding hydrogens is 370 g/mol. The van der Waals surface area contributed by atoms with E-state index in [1.807, 2.05) is 0 Å². The predicted molar refractivity (Wildman–Crippen MR) is 94.5 cm³/mol. The molecule has 0 N–H and O–H groups in total. The lowest BCUT2D eigenvalue weighted by molar-refractivity contribution is -0.384. The smallest absolute Gasteiger partial charge is 0.289 e. The monoisotopic (exact) mass is 377 g/mol. The van der Waals surface area contributed by atoms with Crippen molar-refractivity contribution in [1.29, 1.82) is 0 Å². The summed E-state index contributed by atoms with van der Waals surface area (Å²) in [5.74, 6) is 2.07. The Kier molecular flexibility index (Phi) is 4.49. The third-order valence-corrected chi connectivity index (χ3v) is 5.37.